The molecule has 0 radical (unpaired) electrons. The van der Waals surface area contributed by atoms with E-state index in [0.29, 0.717) is 0 Å². The summed E-state index contributed by atoms with van der Waals surface area (Å²) in [5.41, 5.74) is 4.83. The Labute approximate surface area is 144 Å². The first-order chi connectivity index (χ1) is 11.6. The molecule has 6 heteroatoms. The molecule has 2 rings (SSSR count). The van der Waals surface area contributed by atoms with Crippen molar-refractivity contribution in [3.8, 4) is 0 Å². The second-order valence-electron chi connectivity index (χ2n) is 5.98. The van der Waals surface area contributed by atoms with Crippen LogP contribution in [0.3, 0.4) is 0 Å². The van der Waals surface area contributed by atoms with Gasteiger partial charge in [0, 0.05) is 44.8 Å². The van der Waals surface area contributed by atoms with E-state index in [1.807, 2.05) is 19.3 Å². The van der Waals surface area contributed by atoms with Crippen LogP contribution < -0.4 is 10.6 Å². The molecule has 0 unspecified atom stereocenters. The van der Waals surface area contributed by atoms with Gasteiger partial charge in [-0.05, 0) is 56.9 Å². The summed E-state index contributed by atoms with van der Waals surface area (Å²) >= 11 is 0. The Morgan fingerprint density at radius 2 is 2.00 bits per heavy atom. The number of nitrogens with one attached hydrogen (secondary N) is 2. The first-order valence-electron chi connectivity index (χ1n) is 8.45. The second-order valence-corrected chi connectivity index (χ2v) is 5.98. The zero-order chi connectivity index (χ0) is 17.4. The Morgan fingerprint density at radius 1 is 1.21 bits per heavy atom. The number of nitrogens with zero attached hydrogens (tertiary/aromatic N) is 4. The van der Waals surface area contributed by atoms with E-state index in [1.165, 1.54) is 16.8 Å². The molecule has 0 aromatic carbocycles. The maximum absolute atomic E-state index is 4.48. The molecule has 6 nitrogen and oxygen atoms in total. The van der Waals surface area contributed by atoms with Crippen molar-refractivity contribution >= 4 is 5.96 Å². The highest BCUT2D eigenvalue weighted by Gasteiger charge is 2.02. The normalized spacial score (nSPS) is 11.6. The number of hydrogen-bond acceptors (Lipinski definition) is 3. The van der Waals surface area contributed by atoms with Crippen molar-refractivity contribution < 1.29 is 0 Å². The van der Waals surface area contributed by atoms with Gasteiger partial charge in [-0.1, -0.05) is 0 Å². The summed E-state index contributed by atoms with van der Waals surface area (Å²) in [5, 5.41) is 11.2. The molecule has 0 fully saturated rings. The summed E-state index contributed by atoms with van der Waals surface area (Å²) in [6.45, 7) is 8.84. The zero-order valence-electron chi connectivity index (χ0n) is 15.1. The topological polar surface area (TPSA) is 67.1 Å². The van der Waals surface area contributed by atoms with Crippen molar-refractivity contribution in [3.63, 3.8) is 0 Å². The van der Waals surface area contributed by atoms with Crippen molar-refractivity contribution in [2.24, 2.45) is 4.99 Å². The Balaban J connectivity index is 1.67. The van der Waals surface area contributed by atoms with E-state index >= 15 is 0 Å². The molecule has 0 aliphatic heterocycles. The number of aryl methyl sites for hydroxylation is 4. The van der Waals surface area contributed by atoms with E-state index in [1.54, 1.807) is 7.05 Å². The highest BCUT2D eigenvalue weighted by atomic mass is 15.3. The minimum absolute atomic E-state index is 0.843. The van der Waals surface area contributed by atoms with Crippen LogP contribution in [0.2, 0.25) is 0 Å². The first kappa shape index (κ1) is 18.0. The third-order valence-corrected chi connectivity index (χ3v) is 3.99. The molecular formula is C18H28N6. The van der Waals surface area contributed by atoms with Crippen LogP contribution in [0.4, 0.5) is 0 Å². The lowest BCUT2D eigenvalue weighted by molar-refractivity contribution is 0.555. The zero-order valence-corrected chi connectivity index (χ0v) is 15.1. The molecule has 0 aliphatic rings. The Morgan fingerprint density at radius 3 is 2.67 bits per heavy atom. The number of aliphatic imine (C=N–C) groups is 1. The smallest absolute Gasteiger partial charge is 0.190 e. The summed E-state index contributed by atoms with van der Waals surface area (Å²) in [5.74, 6) is 0.843. The molecule has 2 N–H and O–H groups in total. The number of pyridine rings is 1. The monoisotopic (exact) mass is 328 g/mol. The minimum Gasteiger partial charge on any atom is -0.356 e. The SMILES string of the molecule is CN=C(NCCCn1nc(C)cc1C)NCCc1ccncc1C. The van der Waals surface area contributed by atoms with Gasteiger partial charge in [-0.25, -0.2) is 0 Å². The van der Waals surface area contributed by atoms with E-state index < -0.39 is 0 Å². The van der Waals surface area contributed by atoms with Gasteiger partial charge in [-0.2, -0.15) is 5.10 Å². The molecule has 0 aliphatic carbocycles. The maximum atomic E-state index is 4.48. The number of hydrogen-bond donors (Lipinski definition) is 2. The van der Waals surface area contributed by atoms with Crippen LogP contribution in [0.15, 0.2) is 29.5 Å². The van der Waals surface area contributed by atoms with Crippen LogP contribution in [-0.2, 0) is 13.0 Å². The molecule has 2 aromatic rings. The molecular weight excluding hydrogens is 300 g/mol. The fourth-order valence-corrected chi connectivity index (χ4v) is 2.66. The molecule has 2 heterocycles. The van der Waals surface area contributed by atoms with Crippen molar-refractivity contribution in [1.82, 2.24) is 25.4 Å². The van der Waals surface area contributed by atoms with Crippen LogP contribution in [0.5, 0.6) is 0 Å². The lowest BCUT2D eigenvalue weighted by Gasteiger charge is -2.12. The minimum atomic E-state index is 0.843. The number of guanidine groups is 1. The van der Waals surface area contributed by atoms with Crippen LogP contribution in [-0.4, -0.2) is 40.9 Å². The summed E-state index contributed by atoms with van der Waals surface area (Å²) < 4.78 is 2.05. The highest BCUT2D eigenvalue weighted by Crippen LogP contribution is 2.05. The van der Waals surface area contributed by atoms with Crippen LogP contribution >= 0.6 is 0 Å². The van der Waals surface area contributed by atoms with E-state index in [9.17, 15) is 0 Å². The van der Waals surface area contributed by atoms with Crippen LogP contribution in [0.1, 0.15) is 28.9 Å². The highest BCUT2D eigenvalue weighted by molar-refractivity contribution is 5.79. The van der Waals surface area contributed by atoms with Crippen LogP contribution in [0.25, 0.3) is 0 Å². The fourth-order valence-electron chi connectivity index (χ4n) is 2.66. The van der Waals surface area contributed by atoms with Gasteiger partial charge >= 0.3 is 0 Å². The molecule has 130 valence electrons. The van der Waals surface area contributed by atoms with Gasteiger partial charge in [0.2, 0.25) is 0 Å². The standard InChI is InChI=1S/C18H28N6/c1-14-13-20-9-6-17(14)7-10-22-18(19-4)21-8-5-11-24-16(3)12-15(2)23-24/h6,9,12-13H,5,7-8,10-11H2,1-4H3,(H2,19,21,22). The summed E-state index contributed by atoms with van der Waals surface area (Å²) in [6.07, 6.45) is 5.71. The predicted octanol–water partition coefficient (Wildman–Crippen LogP) is 2.00. The quantitative estimate of drug-likeness (QED) is 0.463. The lowest BCUT2D eigenvalue weighted by atomic mass is 10.1. The Hall–Kier alpha value is -2.37. The summed E-state index contributed by atoms with van der Waals surface area (Å²) in [7, 11) is 1.80. The molecule has 0 atom stereocenters. The first-order valence-corrected chi connectivity index (χ1v) is 8.45. The largest absolute Gasteiger partial charge is 0.356 e. The molecule has 0 amide bonds. The average Bonchev–Trinajstić information content (AvgIpc) is 2.89. The third-order valence-electron chi connectivity index (χ3n) is 3.99. The van der Waals surface area contributed by atoms with Crippen LogP contribution in [0, 0.1) is 20.8 Å². The molecule has 24 heavy (non-hydrogen) atoms. The molecule has 2 aromatic heterocycles. The van der Waals surface area contributed by atoms with E-state index in [4.69, 9.17) is 0 Å². The van der Waals surface area contributed by atoms with Gasteiger partial charge in [0.15, 0.2) is 5.96 Å². The van der Waals surface area contributed by atoms with Crippen molar-refractivity contribution in [2.45, 2.75) is 40.2 Å². The average molecular weight is 328 g/mol. The molecule has 0 bridgehead atoms. The Bertz CT molecular complexity index is 674. The third kappa shape index (κ3) is 5.37. The predicted molar refractivity (Wildman–Crippen MR) is 98.4 cm³/mol. The van der Waals surface area contributed by atoms with Gasteiger partial charge in [-0.3, -0.25) is 14.7 Å². The van der Waals surface area contributed by atoms with E-state index in [2.05, 4.69) is 56.4 Å². The fraction of sp³-hybridized carbons (Fsp3) is 0.500. The van der Waals surface area contributed by atoms with Gasteiger partial charge in [0.05, 0.1) is 5.69 Å². The second kappa shape index (κ2) is 9.05. The lowest BCUT2D eigenvalue weighted by Crippen LogP contribution is -2.39. The summed E-state index contributed by atoms with van der Waals surface area (Å²) in [6, 6.07) is 4.18. The number of rotatable bonds is 7. The molecule has 0 saturated carbocycles. The van der Waals surface area contributed by atoms with Gasteiger partial charge in [0.25, 0.3) is 0 Å². The van der Waals surface area contributed by atoms with Crippen molar-refractivity contribution in [3.05, 3.63) is 47.0 Å². The van der Waals surface area contributed by atoms with Gasteiger partial charge < -0.3 is 10.6 Å². The van der Waals surface area contributed by atoms with E-state index in [-0.39, 0.29) is 0 Å². The van der Waals surface area contributed by atoms with E-state index in [0.717, 1.165) is 44.1 Å². The van der Waals surface area contributed by atoms with Gasteiger partial charge in [0.1, 0.15) is 0 Å². The van der Waals surface area contributed by atoms with Crippen molar-refractivity contribution in [1.29, 1.82) is 0 Å². The molecule has 0 saturated heterocycles. The maximum Gasteiger partial charge on any atom is 0.190 e. The molecule has 0 spiro atoms. The van der Waals surface area contributed by atoms with Gasteiger partial charge in [-0.15, -0.1) is 0 Å². The Kier molecular flexibility index (Phi) is 6.78. The van der Waals surface area contributed by atoms with Crippen molar-refractivity contribution in [2.75, 3.05) is 20.1 Å². The number of aromatic nitrogens is 3. The summed E-state index contributed by atoms with van der Waals surface area (Å²) in [4.78, 5) is 8.39.